The lowest BCUT2D eigenvalue weighted by Gasteiger charge is -2.41. The number of likely N-dealkylation sites (N-methyl/N-ethyl adjacent to an activating group) is 1. The molecule has 1 aromatic heterocycles. The summed E-state index contributed by atoms with van der Waals surface area (Å²) in [6, 6.07) is 0.563. The highest BCUT2D eigenvalue weighted by atomic mass is 79.9. The molecule has 2 heterocycles. The number of anilines is 2. The van der Waals surface area contributed by atoms with Crippen molar-refractivity contribution in [2.75, 3.05) is 36.8 Å². The number of piperazine rings is 1. The van der Waals surface area contributed by atoms with Crippen molar-refractivity contribution >= 4 is 27.3 Å². The molecule has 1 saturated heterocycles. The van der Waals surface area contributed by atoms with Crippen molar-refractivity contribution in [1.82, 2.24) is 9.88 Å². The Hall–Kier alpha value is -0.810. The van der Waals surface area contributed by atoms with Crippen LogP contribution < -0.4 is 10.6 Å². The molecule has 0 aliphatic carbocycles. The minimum atomic E-state index is 0.563. The Morgan fingerprint density at radius 3 is 2.82 bits per heavy atom. The van der Waals surface area contributed by atoms with Gasteiger partial charge in [0.05, 0.1) is 22.0 Å². The van der Waals surface area contributed by atoms with Crippen LogP contribution in [0.15, 0.2) is 16.9 Å². The van der Waals surface area contributed by atoms with Crippen molar-refractivity contribution in [3.05, 3.63) is 16.9 Å². The highest BCUT2D eigenvalue weighted by Crippen LogP contribution is 2.32. The minimum Gasteiger partial charge on any atom is -0.396 e. The molecule has 1 atom stereocenters. The molecular weight excluding hydrogens is 280 g/mol. The summed E-state index contributed by atoms with van der Waals surface area (Å²) in [5.74, 6) is 0. The Morgan fingerprint density at radius 1 is 1.47 bits per heavy atom. The largest absolute Gasteiger partial charge is 0.396 e. The van der Waals surface area contributed by atoms with Crippen LogP contribution in [-0.4, -0.2) is 42.1 Å². The fourth-order valence-electron chi connectivity index (χ4n) is 2.44. The third-order valence-corrected chi connectivity index (χ3v) is 3.97. The molecule has 4 nitrogen and oxygen atoms in total. The van der Waals surface area contributed by atoms with Crippen LogP contribution in [0.25, 0.3) is 0 Å². The maximum Gasteiger partial charge on any atom is 0.0777 e. The quantitative estimate of drug-likeness (QED) is 0.907. The Labute approximate surface area is 111 Å². The SMILES string of the molecule is CCN1CCN(c2c(N)cncc2Br)CC1C. The van der Waals surface area contributed by atoms with Gasteiger partial charge in [0.2, 0.25) is 0 Å². The second kappa shape index (κ2) is 5.23. The van der Waals surface area contributed by atoms with E-state index in [4.69, 9.17) is 5.73 Å². The van der Waals surface area contributed by atoms with E-state index in [2.05, 4.69) is 44.6 Å². The summed E-state index contributed by atoms with van der Waals surface area (Å²) >= 11 is 3.54. The average Bonchev–Trinajstić information content (AvgIpc) is 2.29. The first kappa shape index (κ1) is 12.6. The van der Waals surface area contributed by atoms with Crippen molar-refractivity contribution in [3.8, 4) is 0 Å². The number of hydrogen-bond donors (Lipinski definition) is 1. The number of nitrogens with two attached hydrogens (primary N) is 1. The first-order chi connectivity index (χ1) is 8.13. The predicted octanol–water partition coefficient (Wildman–Crippen LogP) is 1.96. The molecular formula is C12H19BrN4. The average molecular weight is 299 g/mol. The van der Waals surface area contributed by atoms with Crippen molar-refractivity contribution in [3.63, 3.8) is 0 Å². The van der Waals surface area contributed by atoms with Crippen LogP contribution >= 0.6 is 15.9 Å². The predicted molar refractivity (Wildman–Crippen MR) is 75.3 cm³/mol. The van der Waals surface area contributed by atoms with E-state index in [1.54, 1.807) is 6.20 Å². The summed E-state index contributed by atoms with van der Waals surface area (Å²) in [6.45, 7) is 8.71. The van der Waals surface area contributed by atoms with Crippen molar-refractivity contribution in [2.24, 2.45) is 0 Å². The molecule has 1 aromatic rings. The Bertz CT molecular complexity index is 376. The van der Waals surface area contributed by atoms with E-state index in [9.17, 15) is 0 Å². The number of hydrogen-bond acceptors (Lipinski definition) is 4. The van der Waals surface area contributed by atoms with E-state index in [1.807, 2.05) is 6.20 Å². The van der Waals surface area contributed by atoms with Crippen LogP contribution in [0, 0.1) is 0 Å². The van der Waals surface area contributed by atoms with Gasteiger partial charge in [-0.05, 0) is 29.4 Å². The van der Waals surface area contributed by atoms with Gasteiger partial charge in [0, 0.05) is 31.9 Å². The zero-order valence-electron chi connectivity index (χ0n) is 10.4. The van der Waals surface area contributed by atoms with Crippen LogP contribution in [-0.2, 0) is 0 Å². The van der Waals surface area contributed by atoms with Gasteiger partial charge in [0.15, 0.2) is 0 Å². The molecule has 0 spiro atoms. The van der Waals surface area contributed by atoms with Gasteiger partial charge < -0.3 is 10.6 Å². The van der Waals surface area contributed by atoms with Crippen LogP contribution in [0.2, 0.25) is 0 Å². The third kappa shape index (κ3) is 2.55. The molecule has 0 saturated carbocycles. The first-order valence-electron chi connectivity index (χ1n) is 6.01. The number of nitrogens with zero attached hydrogens (tertiary/aromatic N) is 3. The van der Waals surface area contributed by atoms with E-state index < -0.39 is 0 Å². The lowest BCUT2D eigenvalue weighted by Crippen LogP contribution is -2.52. The van der Waals surface area contributed by atoms with E-state index in [-0.39, 0.29) is 0 Å². The van der Waals surface area contributed by atoms with Gasteiger partial charge in [-0.2, -0.15) is 0 Å². The van der Waals surface area contributed by atoms with Crippen LogP contribution in [0.1, 0.15) is 13.8 Å². The van der Waals surface area contributed by atoms with E-state index in [0.29, 0.717) is 6.04 Å². The van der Waals surface area contributed by atoms with Gasteiger partial charge in [-0.3, -0.25) is 9.88 Å². The highest BCUT2D eigenvalue weighted by molar-refractivity contribution is 9.10. The molecule has 1 unspecified atom stereocenters. The molecule has 1 fully saturated rings. The lowest BCUT2D eigenvalue weighted by molar-refractivity contribution is 0.199. The van der Waals surface area contributed by atoms with Gasteiger partial charge in [-0.25, -0.2) is 0 Å². The maximum absolute atomic E-state index is 6.02. The van der Waals surface area contributed by atoms with E-state index in [0.717, 1.165) is 42.0 Å². The lowest BCUT2D eigenvalue weighted by atomic mass is 10.1. The number of halogens is 1. The summed E-state index contributed by atoms with van der Waals surface area (Å²) in [7, 11) is 0. The van der Waals surface area contributed by atoms with Crippen molar-refractivity contribution < 1.29 is 0 Å². The molecule has 2 N–H and O–H groups in total. The molecule has 0 bridgehead atoms. The van der Waals surface area contributed by atoms with Gasteiger partial charge in [0.1, 0.15) is 0 Å². The fraction of sp³-hybridized carbons (Fsp3) is 0.583. The fourth-order valence-corrected chi connectivity index (χ4v) is 3.04. The topological polar surface area (TPSA) is 45.4 Å². The molecule has 1 aliphatic rings. The van der Waals surface area contributed by atoms with Crippen LogP contribution in [0.4, 0.5) is 11.4 Å². The summed E-state index contributed by atoms with van der Waals surface area (Å²) < 4.78 is 0.981. The second-order valence-electron chi connectivity index (χ2n) is 4.48. The zero-order valence-corrected chi connectivity index (χ0v) is 11.9. The molecule has 17 heavy (non-hydrogen) atoms. The molecule has 2 rings (SSSR count). The van der Waals surface area contributed by atoms with E-state index >= 15 is 0 Å². The van der Waals surface area contributed by atoms with Gasteiger partial charge in [-0.1, -0.05) is 6.92 Å². The molecule has 0 amide bonds. The standard InChI is InChI=1S/C12H19BrN4/c1-3-16-4-5-17(8-9(16)2)12-10(13)6-15-7-11(12)14/h6-7,9H,3-5,8,14H2,1-2H3. The zero-order chi connectivity index (χ0) is 12.4. The van der Waals surface area contributed by atoms with Crippen LogP contribution in [0.5, 0.6) is 0 Å². The number of rotatable bonds is 2. The summed E-state index contributed by atoms with van der Waals surface area (Å²) in [5, 5.41) is 0. The van der Waals surface area contributed by atoms with Crippen molar-refractivity contribution in [1.29, 1.82) is 0 Å². The van der Waals surface area contributed by atoms with Crippen molar-refractivity contribution in [2.45, 2.75) is 19.9 Å². The summed E-state index contributed by atoms with van der Waals surface area (Å²) in [5.41, 5.74) is 7.85. The second-order valence-corrected chi connectivity index (χ2v) is 5.34. The third-order valence-electron chi connectivity index (χ3n) is 3.39. The maximum atomic E-state index is 6.02. The highest BCUT2D eigenvalue weighted by Gasteiger charge is 2.24. The van der Waals surface area contributed by atoms with Gasteiger partial charge in [-0.15, -0.1) is 0 Å². The molecule has 94 valence electrons. The van der Waals surface area contributed by atoms with Crippen LogP contribution in [0.3, 0.4) is 0 Å². The molecule has 0 radical (unpaired) electrons. The smallest absolute Gasteiger partial charge is 0.0777 e. The first-order valence-corrected chi connectivity index (χ1v) is 6.80. The van der Waals surface area contributed by atoms with E-state index in [1.165, 1.54) is 0 Å². The molecule has 0 aromatic carbocycles. The Morgan fingerprint density at radius 2 is 2.24 bits per heavy atom. The molecule has 5 heteroatoms. The monoisotopic (exact) mass is 298 g/mol. The summed E-state index contributed by atoms with van der Waals surface area (Å²) in [4.78, 5) is 8.91. The number of aromatic nitrogens is 1. The van der Waals surface area contributed by atoms with Gasteiger partial charge >= 0.3 is 0 Å². The number of nitrogen functional groups attached to an aromatic ring is 1. The normalized spacial score (nSPS) is 21.8. The number of pyridine rings is 1. The minimum absolute atomic E-state index is 0.563. The Kier molecular flexibility index (Phi) is 3.89. The molecule has 1 aliphatic heterocycles. The Balaban J connectivity index is 2.19. The summed E-state index contributed by atoms with van der Waals surface area (Å²) in [6.07, 6.45) is 3.53. The van der Waals surface area contributed by atoms with Gasteiger partial charge in [0.25, 0.3) is 0 Å².